The smallest absolute Gasteiger partial charge is 0.227 e. The lowest BCUT2D eigenvalue weighted by Gasteiger charge is -2.00. The van der Waals surface area contributed by atoms with E-state index in [0.717, 1.165) is 10.0 Å². The molecule has 0 aliphatic rings. The molecule has 0 radical (unpaired) electrons. The van der Waals surface area contributed by atoms with Crippen LogP contribution in [0.5, 0.6) is 5.75 Å². The Morgan fingerprint density at radius 1 is 1.35 bits per heavy atom. The number of nitrogens with zero attached hydrogens (tertiary/aromatic N) is 2. The minimum atomic E-state index is -0.208. The molecule has 0 unspecified atom stereocenters. The van der Waals surface area contributed by atoms with E-state index in [2.05, 4.69) is 31.1 Å². The molecule has 118 valence electrons. The Kier molecular flexibility index (Phi) is 4.82. The van der Waals surface area contributed by atoms with Crippen molar-refractivity contribution >= 4 is 27.7 Å². The molecule has 3 aromatic rings. The molecule has 0 fully saturated rings. The summed E-state index contributed by atoms with van der Waals surface area (Å²) in [6.07, 6.45) is 1.31. The quantitative estimate of drug-likeness (QED) is 0.668. The van der Waals surface area contributed by atoms with Gasteiger partial charge in [0.2, 0.25) is 16.3 Å². The minimum absolute atomic E-state index is 0.189. The van der Waals surface area contributed by atoms with Crippen LogP contribution in [0.15, 0.2) is 55.4 Å². The summed E-state index contributed by atoms with van der Waals surface area (Å²) in [6.45, 7) is 0. The average molecular weight is 394 g/mol. The highest BCUT2D eigenvalue weighted by atomic mass is 79.9. The molecule has 2 aromatic heterocycles. The number of hydrogen-bond donors (Lipinski definition) is 1. The van der Waals surface area contributed by atoms with Crippen molar-refractivity contribution in [1.29, 1.82) is 0 Å². The van der Waals surface area contributed by atoms with Crippen LogP contribution in [0.4, 0.5) is 0 Å². The van der Waals surface area contributed by atoms with E-state index >= 15 is 0 Å². The second kappa shape index (κ2) is 7.01. The standard InChI is InChI=1S/C15H12BrN3O3S/c1-21-13-7-22-11(6-12(13)20)8-23-15-17-14(18-19-15)9-2-4-10(16)5-3-9/h2-7H,8H2,1H3,(H,17,18,19). The molecule has 8 heteroatoms. The molecule has 0 saturated carbocycles. The third-order valence-corrected chi connectivity index (χ3v) is 4.40. The van der Waals surface area contributed by atoms with Crippen LogP contribution in [0, 0.1) is 0 Å². The number of halogens is 1. The maximum Gasteiger partial charge on any atom is 0.227 e. The first-order valence-corrected chi connectivity index (χ1v) is 8.40. The predicted molar refractivity (Wildman–Crippen MR) is 90.6 cm³/mol. The van der Waals surface area contributed by atoms with Crippen molar-refractivity contribution < 1.29 is 9.15 Å². The first-order valence-electron chi connectivity index (χ1n) is 6.62. The number of aromatic nitrogens is 3. The van der Waals surface area contributed by atoms with Gasteiger partial charge in [-0.1, -0.05) is 39.8 Å². The van der Waals surface area contributed by atoms with Crippen LogP contribution in [0.25, 0.3) is 11.4 Å². The van der Waals surface area contributed by atoms with E-state index in [-0.39, 0.29) is 11.2 Å². The number of rotatable bonds is 5. The molecule has 3 rings (SSSR count). The van der Waals surface area contributed by atoms with Gasteiger partial charge in [-0.2, -0.15) is 0 Å². The summed E-state index contributed by atoms with van der Waals surface area (Å²) in [5.74, 6) is 1.87. The van der Waals surface area contributed by atoms with Gasteiger partial charge in [-0.15, -0.1) is 5.10 Å². The Morgan fingerprint density at radius 2 is 2.13 bits per heavy atom. The van der Waals surface area contributed by atoms with Crippen molar-refractivity contribution in [2.24, 2.45) is 0 Å². The van der Waals surface area contributed by atoms with Gasteiger partial charge in [0.05, 0.1) is 12.9 Å². The highest BCUT2D eigenvalue weighted by Gasteiger charge is 2.09. The maximum atomic E-state index is 11.7. The predicted octanol–water partition coefficient (Wildman–Crippen LogP) is 3.49. The lowest BCUT2D eigenvalue weighted by Crippen LogP contribution is -2.04. The molecule has 6 nitrogen and oxygen atoms in total. The van der Waals surface area contributed by atoms with E-state index in [1.807, 2.05) is 24.3 Å². The molecule has 0 amide bonds. The molecule has 23 heavy (non-hydrogen) atoms. The number of aromatic amines is 1. The Hall–Kier alpha value is -2.06. The molecule has 0 aliphatic heterocycles. The zero-order chi connectivity index (χ0) is 16.2. The van der Waals surface area contributed by atoms with Crippen LogP contribution >= 0.6 is 27.7 Å². The van der Waals surface area contributed by atoms with Crippen molar-refractivity contribution in [1.82, 2.24) is 15.2 Å². The monoisotopic (exact) mass is 393 g/mol. The van der Waals surface area contributed by atoms with Crippen LogP contribution in [0.2, 0.25) is 0 Å². The Labute approximate surface area is 144 Å². The zero-order valence-corrected chi connectivity index (χ0v) is 14.5. The Bertz CT molecular complexity index is 861. The SMILES string of the molecule is COc1coc(CSc2n[nH]c(-c3ccc(Br)cc3)n2)cc1=O. The van der Waals surface area contributed by atoms with Crippen molar-refractivity contribution in [3.05, 3.63) is 57.1 Å². The lowest BCUT2D eigenvalue weighted by atomic mass is 10.2. The summed E-state index contributed by atoms with van der Waals surface area (Å²) < 4.78 is 11.2. The molecule has 0 saturated heterocycles. The number of ether oxygens (including phenoxy) is 1. The summed E-state index contributed by atoms with van der Waals surface area (Å²) in [5.41, 5.74) is 0.739. The van der Waals surface area contributed by atoms with Gasteiger partial charge in [0.25, 0.3) is 0 Å². The minimum Gasteiger partial charge on any atom is -0.490 e. The molecule has 0 aliphatic carbocycles. The highest BCUT2D eigenvalue weighted by Crippen LogP contribution is 2.23. The fourth-order valence-corrected chi connectivity index (χ4v) is 2.80. The Morgan fingerprint density at radius 3 is 2.83 bits per heavy atom. The van der Waals surface area contributed by atoms with Gasteiger partial charge >= 0.3 is 0 Å². The van der Waals surface area contributed by atoms with E-state index in [1.165, 1.54) is 31.2 Å². The van der Waals surface area contributed by atoms with Gasteiger partial charge in [0.1, 0.15) is 12.0 Å². The Balaban J connectivity index is 1.68. The van der Waals surface area contributed by atoms with Crippen LogP contribution < -0.4 is 10.2 Å². The molecular weight excluding hydrogens is 382 g/mol. The van der Waals surface area contributed by atoms with E-state index in [4.69, 9.17) is 9.15 Å². The van der Waals surface area contributed by atoms with Gasteiger partial charge < -0.3 is 9.15 Å². The summed E-state index contributed by atoms with van der Waals surface area (Å²) >= 11 is 4.77. The van der Waals surface area contributed by atoms with E-state index in [0.29, 0.717) is 22.5 Å². The number of methoxy groups -OCH3 is 1. The van der Waals surface area contributed by atoms with Crippen molar-refractivity contribution in [3.8, 4) is 17.1 Å². The zero-order valence-electron chi connectivity index (χ0n) is 12.1. The first kappa shape index (κ1) is 15.8. The van der Waals surface area contributed by atoms with Gasteiger partial charge in [0, 0.05) is 16.1 Å². The third-order valence-electron chi connectivity index (χ3n) is 3.00. The van der Waals surface area contributed by atoms with Crippen molar-refractivity contribution in [2.75, 3.05) is 7.11 Å². The average Bonchev–Trinajstić information content (AvgIpc) is 3.03. The normalized spacial score (nSPS) is 10.7. The number of thioether (sulfide) groups is 1. The number of benzene rings is 1. The summed E-state index contributed by atoms with van der Waals surface area (Å²) in [5, 5.41) is 7.64. The summed E-state index contributed by atoms with van der Waals surface area (Å²) in [4.78, 5) is 16.1. The topological polar surface area (TPSA) is 81.0 Å². The fraction of sp³-hybridized carbons (Fsp3) is 0.133. The summed E-state index contributed by atoms with van der Waals surface area (Å²) in [6, 6.07) is 9.19. The summed E-state index contributed by atoms with van der Waals surface area (Å²) in [7, 11) is 1.43. The molecule has 0 bridgehead atoms. The second-order valence-electron chi connectivity index (χ2n) is 4.54. The maximum absolute atomic E-state index is 11.7. The second-order valence-corrected chi connectivity index (χ2v) is 6.40. The highest BCUT2D eigenvalue weighted by molar-refractivity contribution is 9.10. The molecule has 1 aromatic carbocycles. The largest absolute Gasteiger partial charge is 0.490 e. The van der Waals surface area contributed by atoms with Gasteiger partial charge in [-0.3, -0.25) is 9.89 Å². The molecule has 1 N–H and O–H groups in total. The van der Waals surface area contributed by atoms with E-state index < -0.39 is 0 Å². The number of H-pyrrole nitrogens is 1. The molecule has 0 spiro atoms. The number of nitrogens with one attached hydrogen (secondary N) is 1. The molecule has 0 atom stereocenters. The van der Waals surface area contributed by atoms with Crippen LogP contribution in [0.3, 0.4) is 0 Å². The number of hydrogen-bond acceptors (Lipinski definition) is 6. The van der Waals surface area contributed by atoms with Gasteiger partial charge in [-0.05, 0) is 12.1 Å². The van der Waals surface area contributed by atoms with E-state index in [1.54, 1.807) is 0 Å². The van der Waals surface area contributed by atoms with Gasteiger partial charge in [-0.25, -0.2) is 4.98 Å². The molecular formula is C15H12BrN3O3S. The fourth-order valence-electron chi connectivity index (χ4n) is 1.85. The third kappa shape index (κ3) is 3.83. The van der Waals surface area contributed by atoms with Gasteiger partial charge in [0.15, 0.2) is 5.82 Å². The van der Waals surface area contributed by atoms with Crippen LogP contribution in [-0.2, 0) is 5.75 Å². The van der Waals surface area contributed by atoms with Crippen molar-refractivity contribution in [3.63, 3.8) is 0 Å². The first-order chi connectivity index (χ1) is 11.2. The van der Waals surface area contributed by atoms with Crippen LogP contribution in [0.1, 0.15) is 5.76 Å². The molecule has 2 heterocycles. The van der Waals surface area contributed by atoms with Crippen molar-refractivity contribution in [2.45, 2.75) is 10.9 Å². The lowest BCUT2D eigenvalue weighted by molar-refractivity contribution is 0.381. The van der Waals surface area contributed by atoms with E-state index in [9.17, 15) is 4.79 Å². The van der Waals surface area contributed by atoms with Crippen LogP contribution in [-0.4, -0.2) is 22.3 Å².